The minimum absolute atomic E-state index is 0.0117. The molecule has 2 heterocycles. The maximum absolute atomic E-state index is 13.2. The molecule has 2 aromatic carbocycles. The van der Waals surface area contributed by atoms with Crippen LogP contribution in [0.2, 0.25) is 0 Å². The zero-order valence-corrected chi connectivity index (χ0v) is 22.0. The number of amidine groups is 1. The Kier molecular flexibility index (Phi) is 7.36. The van der Waals surface area contributed by atoms with E-state index in [0.717, 1.165) is 39.8 Å². The molecule has 3 aromatic rings. The van der Waals surface area contributed by atoms with Gasteiger partial charge in [-0.25, -0.2) is 4.99 Å². The van der Waals surface area contributed by atoms with E-state index in [9.17, 15) is 4.79 Å². The van der Waals surface area contributed by atoms with Crippen molar-refractivity contribution < 1.29 is 9.53 Å². The molecular weight excluding hydrogens is 456 g/mol. The molecule has 1 aromatic heterocycles. The molecule has 1 aliphatic rings. The first-order valence-electron chi connectivity index (χ1n) is 11.8. The SMILES string of the molecule is CCOc1ccc(N=C2S/C(=C\c3cc(C)n(-c4ccc(N(C)C)cc4)c3C)C(=O)N2CC)cc1. The van der Waals surface area contributed by atoms with Crippen LogP contribution in [-0.4, -0.2) is 47.8 Å². The Labute approximate surface area is 211 Å². The molecule has 0 aliphatic carbocycles. The average molecular weight is 489 g/mol. The molecule has 0 N–H and O–H groups in total. The second kappa shape index (κ2) is 10.4. The number of carbonyl (C=O) groups is 1. The number of hydrogen-bond acceptors (Lipinski definition) is 5. The lowest BCUT2D eigenvalue weighted by molar-refractivity contribution is -0.122. The first-order valence-corrected chi connectivity index (χ1v) is 12.6. The van der Waals surface area contributed by atoms with Gasteiger partial charge in [0, 0.05) is 43.4 Å². The predicted molar refractivity (Wildman–Crippen MR) is 147 cm³/mol. The maximum atomic E-state index is 13.2. The van der Waals surface area contributed by atoms with Gasteiger partial charge in [-0.05, 0) is 106 Å². The number of anilines is 1. The molecule has 182 valence electrons. The smallest absolute Gasteiger partial charge is 0.266 e. The van der Waals surface area contributed by atoms with E-state index in [1.807, 2.05) is 58.3 Å². The van der Waals surface area contributed by atoms with Crippen molar-refractivity contribution in [3.05, 3.63) is 76.5 Å². The highest BCUT2D eigenvalue weighted by atomic mass is 32.2. The number of likely N-dealkylation sites (N-methyl/N-ethyl adjacent to an activating group) is 1. The van der Waals surface area contributed by atoms with Gasteiger partial charge in [-0.3, -0.25) is 9.69 Å². The van der Waals surface area contributed by atoms with Crippen molar-refractivity contribution in [1.29, 1.82) is 0 Å². The molecule has 1 fully saturated rings. The molecule has 7 heteroatoms. The van der Waals surface area contributed by atoms with E-state index in [-0.39, 0.29) is 5.91 Å². The molecule has 35 heavy (non-hydrogen) atoms. The van der Waals surface area contributed by atoms with E-state index >= 15 is 0 Å². The van der Waals surface area contributed by atoms with Gasteiger partial charge >= 0.3 is 0 Å². The van der Waals surface area contributed by atoms with Crippen molar-refractivity contribution >= 4 is 40.3 Å². The number of aliphatic imine (C=N–C) groups is 1. The molecule has 0 atom stereocenters. The van der Waals surface area contributed by atoms with E-state index in [0.29, 0.717) is 23.2 Å². The van der Waals surface area contributed by atoms with Gasteiger partial charge < -0.3 is 14.2 Å². The maximum Gasteiger partial charge on any atom is 0.266 e. The molecule has 1 amide bonds. The zero-order valence-electron chi connectivity index (χ0n) is 21.2. The van der Waals surface area contributed by atoms with Crippen LogP contribution in [0, 0.1) is 13.8 Å². The summed E-state index contributed by atoms with van der Waals surface area (Å²) in [5.41, 5.74) is 6.31. The van der Waals surface area contributed by atoms with Gasteiger partial charge in [0.1, 0.15) is 5.75 Å². The Hall–Kier alpha value is -3.45. The van der Waals surface area contributed by atoms with Crippen molar-refractivity contribution in [1.82, 2.24) is 9.47 Å². The third-order valence-corrected chi connectivity index (χ3v) is 6.96. The second-order valence-electron chi connectivity index (χ2n) is 8.55. The van der Waals surface area contributed by atoms with Crippen molar-refractivity contribution in [3.8, 4) is 11.4 Å². The molecule has 0 saturated carbocycles. The quantitative estimate of drug-likeness (QED) is 0.373. The van der Waals surface area contributed by atoms with Crippen LogP contribution in [-0.2, 0) is 4.79 Å². The minimum Gasteiger partial charge on any atom is -0.494 e. The molecular formula is C28H32N4O2S. The summed E-state index contributed by atoms with van der Waals surface area (Å²) in [6.45, 7) is 9.30. The van der Waals surface area contributed by atoms with Gasteiger partial charge in [0.25, 0.3) is 5.91 Å². The number of aryl methyl sites for hydroxylation is 1. The normalized spacial score (nSPS) is 15.9. The van der Waals surface area contributed by atoms with E-state index in [1.165, 1.54) is 11.8 Å². The summed E-state index contributed by atoms with van der Waals surface area (Å²) in [5, 5.41) is 0.695. The fourth-order valence-electron chi connectivity index (χ4n) is 4.14. The Balaban J connectivity index is 1.63. The fraction of sp³-hybridized carbons (Fsp3) is 0.286. The number of aromatic nitrogens is 1. The van der Waals surface area contributed by atoms with Gasteiger partial charge in [0.05, 0.1) is 17.2 Å². The lowest BCUT2D eigenvalue weighted by Crippen LogP contribution is -2.28. The molecule has 4 rings (SSSR count). The Bertz CT molecular complexity index is 1270. The van der Waals surface area contributed by atoms with Crippen LogP contribution < -0.4 is 9.64 Å². The molecule has 0 unspecified atom stereocenters. The third-order valence-electron chi connectivity index (χ3n) is 5.96. The number of rotatable bonds is 7. The highest BCUT2D eigenvalue weighted by molar-refractivity contribution is 8.18. The number of nitrogens with zero attached hydrogens (tertiary/aromatic N) is 4. The molecule has 0 radical (unpaired) electrons. The highest BCUT2D eigenvalue weighted by Crippen LogP contribution is 2.35. The fourth-order valence-corrected chi connectivity index (χ4v) is 5.19. The summed E-state index contributed by atoms with van der Waals surface area (Å²) in [5.74, 6) is 0.800. The summed E-state index contributed by atoms with van der Waals surface area (Å²) >= 11 is 1.42. The summed E-state index contributed by atoms with van der Waals surface area (Å²) in [6.07, 6.45) is 1.99. The van der Waals surface area contributed by atoms with Crippen molar-refractivity contribution in [2.45, 2.75) is 27.7 Å². The van der Waals surface area contributed by atoms with Crippen LogP contribution in [0.15, 0.2) is 64.5 Å². The number of ether oxygens (including phenoxy) is 1. The number of hydrogen-bond donors (Lipinski definition) is 0. The zero-order chi connectivity index (χ0) is 25.1. The van der Waals surface area contributed by atoms with E-state index in [1.54, 1.807) is 4.90 Å². The summed E-state index contributed by atoms with van der Waals surface area (Å²) in [7, 11) is 4.07. The van der Waals surface area contributed by atoms with Gasteiger partial charge in [0.2, 0.25) is 0 Å². The first-order chi connectivity index (χ1) is 16.8. The van der Waals surface area contributed by atoms with Gasteiger partial charge in [-0.15, -0.1) is 0 Å². The van der Waals surface area contributed by atoms with Crippen LogP contribution >= 0.6 is 11.8 Å². The topological polar surface area (TPSA) is 50.1 Å². The largest absolute Gasteiger partial charge is 0.494 e. The average Bonchev–Trinajstić information content (AvgIpc) is 3.29. The Morgan fingerprint density at radius 3 is 2.31 bits per heavy atom. The number of benzene rings is 2. The highest BCUT2D eigenvalue weighted by Gasteiger charge is 2.32. The second-order valence-corrected chi connectivity index (χ2v) is 9.56. The van der Waals surface area contributed by atoms with Crippen molar-refractivity contribution in [3.63, 3.8) is 0 Å². The van der Waals surface area contributed by atoms with Crippen LogP contribution in [0.5, 0.6) is 5.75 Å². The minimum atomic E-state index is -0.0117. The Morgan fingerprint density at radius 1 is 1.03 bits per heavy atom. The number of carbonyl (C=O) groups excluding carboxylic acids is 1. The lowest BCUT2D eigenvalue weighted by Gasteiger charge is -2.15. The third kappa shape index (κ3) is 5.15. The van der Waals surface area contributed by atoms with Crippen LogP contribution in [0.3, 0.4) is 0 Å². The van der Waals surface area contributed by atoms with E-state index in [2.05, 4.69) is 53.6 Å². The van der Waals surface area contributed by atoms with Crippen LogP contribution in [0.1, 0.15) is 30.8 Å². The van der Waals surface area contributed by atoms with Crippen LogP contribution in [0.25, 0.3) is 11.8 Å². The summed E-state index contributed by atoms with van der Waals surface area (Å²) in [4.78, 5) is 22.4. The number of amides is 1. The molecule has 1 aliphatic heterocycles. The van der Waals surface area contributed by atoms with E-state index in [4.69, 9.17) is 9.73 Å². The molecule has 0 bridgehead atoms. The lowest BCUT2D eigenvalue weighted by atomic mass is 10.2. The summed E-state index contributed by atoms with van der Waals surface area (Å²) < 4.78 is 7.74. The van der Waals surface area contributed by atoms with Crippen molar-refractivity contribution in [2.75, 3.05) is 32.1 Å². The molecule has 1 saturated heterocycles. The standard InChI is InChI=1S/C28H32N4O2S/c1-7-31-27(33)26(35-28(31)29-22-9-15-25(16-10-22)34-8-2)18-21-17-19(3)32(20(21)4)24-13-11-23(12-14-24)30(5)6/h9-18H,7-8H2,1-6H3/b26-18-,29-28?. The molecule has 6 nitrogen and oxygen atoms in total. The van der Waals surface area contributed by atoms with Crippen LogP contribution in [0.4, 0.5) is 11.4 Å². The van der Waals surface area contributed by atoms with Gasteiger partial charge in [0.15, 0.2) is 5.17 Å². The summed E-state index contributed by atoms with van der Waals surface area (Å²) in [6, 6.07) is 18.2. The monoisotopic (exact) mass is 488 g/mol. The van der Waals surface area contributed by atoms with Gasteiger partial charge in [-0.2, -0.15) is 0 Å². The predicted octanol–water partition coefficient (Wildman–Crippen LogP) is 6.18. The van der Waals surface area contributed by atoms with Gasteiger partial charge in [-0.1, -0.05) is 0 Å². The Morgan fingerprint density at radius 2 is 1.71 bits per heavy atom. The first kappa shape index (κ1) is 24.7. The number of thioether (sulfide) groups is 1. The van der Waals surface area contributed by atoms with Crippen molar-refractivity contribution in [2.24, 2.45) is 4.99 Å². The molecule has 0 spiro atoms. The van der Waals surface area contributed by atoms with E-state index < -0.39 is 0 Å².